The number of hydrogen-bond donors (Lipinski definition) is 1. The Hall–Kier alpha value is -2.53. The first kappa shape index (κ1) is 19.2. The number of rotatable bonds is 6. The Labute approximate surface area is 164 Å². The topological polar surface area (TPSA) is 52.7 Å². The standard InChI is InChI=1S/C21H24ClN3O2/c1-16(26)25(15-21(27)23-14-17-4-6-18(22)7-5-17)20-10-8-19(9-11-20)24-12-2-3-13-24/h4-11H,2-3,12-15H2,1H3,(H,23,27). The van der Waals surface area contributed by atoms with Crippen LogP contribution in [-0.2, 0) is 16.1 Å². The lowest BCUT2D eigenvalue weighted by Gasteiger charge is -2.23. The molecule has 2 amide bonds. The second-order valence-corrected chi connectivity index (χ2v) is 7.16. The minimum absolute atomic E-state index is 0.00795. The van der Waals surface area contributed by atoms with Crippen molar-refractivity contribution in [1.82, 2.24) is 5.32 Å². The molecule has 0 spiro atoms. The fourth-order valence-electron chi connectivity index (χ4n) is 3.21. The number of nitrogens with zero attached hydrogens (tertiary/aromatic N) is 2. The smallest absolute Gasteiger partial charge is 0.240 e. The molecule has 0 aromatic heterocycles. The molecular formula is C21H24ClN3O2. The molecular weight excluding hydrogens is 362 g/mol. The molecule has 1 heterocycles. The molecule has 27 heavy (non-hydrogen) atoms. The molecule has 1 N–H and O–H groups in total. The zero-order valence-corrected chi connectivity index (χ0v) is 16.2. The van der Waals surface area contributed by atoms with E-state index >= 15 is 0 Å². The van der Waals surface area contributed by atoms with E-state index in [0.29, 0.717) is 11.6 Å². The molecule has 0 bridgehead atoms. The summed E-state index contributed by atoms with van der Waals surface area (Å²) in [4.78, 5) is 28.2. The van der Waals surface area contributed by atoms with Gasteiger partial charge in [-0.25, -0.2) is 0 Å². The van der Waals surface area contributed by atoms with Crippen molar-refractivity contribution in [2.45, 2.75) is 26.3 Å². The van der Waals surface area contributed by atoms with Crippen molar-refractivity contribution in [2.24, 2.45) is 0 Å². The average molecular weight is 386 g/mol. The first-order chi connectivity index (χ1) is 13.0. The van der Waals surface area contributed by atoms with Crippen LogP contribution >= 0.6 is 11.6 Å². The second-order valence-electron chi connectivity index (χ2n) is 6.72. The number of carbonyl (C=O) groups is 2. The van der Waals surface area contributed by atoms with Crippen LogP contribution in [-0.4, -0.2) is 31.4 Å². The first-order valence-electron chi connectivity index (χ1n) is 9.17. The van der Waals surface area contributed by atoms with Crippen molar-refractivity contribution in [3.05, 3.63) is 59.1 Å². The molecule has 0 unspecified atom stereocenters. The van der Waals surface area contributed by atoms with E-state index in [9.17, 15) is 9.59 Å². The largest absolute Gasteiger partial charge is 0.372 e. The summed E-state index contributed by atoms with van der Waals surface area (Å²) in [6.07, 6.45) is 2.43. The summed E-state index contributed by atoms with van der Waals surface area (Å²) in [5, 5.41) is 3.50. The van der Waals surface area contributed by atoms with Crippen LogP contribution in [0, 0.1) is 0 Å². The van der Waals surface area contributed by atoms with Crippen molar-refractivity contribution < 1.29 is 9.59 Å². The maximum absolute atomic E-state index is 12.3. The summed E-state index contributed by atoms with van der Waals surface area (Å²) in [6, 6.07) is 15.1. The highest BCUT2D eigenvalue weighted by Gasteiger charge is 2.17. The Bertz CT molecular complexity index is 784. The van der Waals surface area contributed by atoms with Gasteiger partial charge in [0, 0.05) is 43.0 Å². The molecule has 0 saturated carbocycles. The van der Waals surface area contributed by atoms with Gasteiger partial charge < -0.3 is 15.1 Å². The Balaban J connectivity index is 1.60. The molecule has 2 aromatic rings. The molecule has 0 aliphatic carbocycles. The molecule has 0 radical (unpaired) electrons. The van der Waals surface area contributed by atoms with Gasteiger partial charge in [0.15, 0.2) is 0 Å². The molecule has 1 fully saturated rings. The van der Waals surface area contributed by atoms with Crippen molar-refractivity contribution in [2.75, 3.05) is 29.4 Å². The third kappa shape index (κ3) is 5.23. The van der Waals surface area contributed by atoms with Gasteiger partial charge in [-0.15, -0.1) is 0 Å². The van der Waals surface area contributed by atoms with E-state index in [1.807, 2.05) is 36.4 Å². The normalized spacial score (nSPS) is 13.5. The van der Waals surface area contributed by atoms with E-state index in [2.05, 4.69) is 10.2 Å². The molecule has 0 atom stereocenters. The average Bonchev–Trinajstić information content (AvgIpc) is 3.20. The first-order valence-corrected chi connectivity index (χ1v) is 9.55. The van der Waals surface area contributed by atoms with Crippen LogP contribution in [0.15, 0.2) is 48.5 Å². The summed E-state index contributed by atoms with van der Waals surface area (Å²) in [7, 11) is 0. The highest BCUT2D eigenvalue weighted by Crippen LogP contribution is 2.24. The molecule has 1 aliphatic rings. The van der Waals surface area contributed by atoms with Gasteiger partial charge in [-0.3, -0.25) is 9.59 Å². The minimum Gasteiger partial charge on any atom is -0.372 e. The summed E-state index contributed by atoms with van der Waals surface area (Å²) in [5.41, 5.74) is 2.84. The van der Waals surface area contributed by atoms with Crippen LogP contribution in [0.1, 0.15) is 25.3 Å². The Morgan fingerprint density at radius 1 is 1.04 bits per heavy atom. The molecule has 1 saturated heterocycles. The third-order valence-electron chi connectivity index (χ3n) is 4.72. The summed E-state index contributed by atoms with van der Waals surface area (Å²) >= 11 is 5.86. The number of hydrogen-bond acceptors (Lipinski definition) is 3. The van der Waals surface area contributed by atoms with Crippen LogP contribution in [0.2, 0.25) is 5.02 Å². The maximum atomic E-state index is 12.3. The summed E-state index contributed by atoms with van der Waals surface area (Å²) < 4.78 is 0. The number of amides is 2. The van der Waals surface area contributed by atoms with Crippen LogP contribution in [0.3, 0.4) is 0 Å². The lowest BCUT2D eigenvalue weighted by Crippen LogP contribution is -2.39. The van der Waals surface area contributed by atoms with Crippen molar-refractivity contribution in [3.63, 3.8) is 0 Å². The Morgan fingerprint density at radius 2 is 1.67 bits per heavy atom. The van der Waals surface area contributed by atoms with Crippen molar-refractivity contribution in [3.8, 4) is 0 Å². The van der Waals surface area contributed by atoms with Gasteiger partial charge in [-0.05, 0) is 54.8 Å². The maximum Gasteiger partial charge on any atom is 0.240 e. The van der Waals surface area contributed by atoms with Crippen LogP contribution in [0.25, 0.3) is 0 Å². The van der Waals surface area contributed by atoms with Gasteiger partial charge in [0.2, 0.25) is 11.8 Å². The van der Waals surface area contributed by atoms with Gasteiger partial charge in [0.1, 0.15) is 6.54 Å². The number of anilines is 2. The van der Waals surface area contributed by atoms with Gasteiger partial charge >= 0.3 is 0 Å². The SMILES string of the molecule is CC(=O)N(CC(=O)NCc1ccc(Cl)cc1)c1ccc(N2CCCC2)cc1. The van der Waals surface area contributed by atoms with E-state index < -0.39 is 0 Å². The highest BCUT2D eigenvalue weighted by molar-refractivity contribution is 6.30. The number of benzene rings is 2. The molecule has 2 aromatic carbocycles. The van der Waals surface area contributed by atoms with Gasteiger partial charge in [0.25, 0.3) is 0 Å². The molecule has 1 aliphatic heterocycles. The lowest BCUT2D eigenvalue weighted by atomic mass is 10.2. The monoisotopic (exact) mass is 385 g/mol. The number of halogens is 1. The van der Waals surface area contributed by atoms with E-state index in [0.717, 1.165) is 30.0 Å². The zero-order valence-electron chi connectivity index (χ0n) is 15.5. The van der Waals surface area contributed by atoms with Crippen LogP contribution in [0.5, 0.6) is 0 Å². The van der Waals surface area contributed by atoms with Gasteiger partial charge in [-0.1, -0.05) is 23.7 Å². The predicted octanol–water partition coefficient (Wildman–Crippen LogP) is 3.61. The highest BCUT2D eigenvalue weighted by atomic mass is 35.5. The summed E-state index contributed by atoms with van der Waals surface area (Å²) in [6.45, 7) is 4.01. The third-order valence-corrected chi connectivity index (χ3v) is 4.97. The minimum atomic E-state index is -0.205. The van der Waals surface area contributed by atoms with Gasteiger partial charge in [-0.2, -0.15) is 0 Å². The van der Waals surface area contributed by atoms with E-state index in [1.54, 1.807) is 12.1 Å². The fraction of sp³-hybridized carbons (Fsp3) is 0.333. The quantitative estimate of drug-likeness (QED) is 0.826. The number of nitrogens with one attached hydrogen (secondary N) is 1. The summed E-state index contributed by atoms with van der Waals surface area (Å²) in [5.74, 6) is -0.366. The van der Waals surface area contributed by atoms with Gasteiger partial charge in [0.05, 0.1) is 0 Å². The van der Waals surface area contributed by atoms with Crippen LogP contribution in [0.4, 0.5) is 11.4 Å². The Kier molecular flexibility index (Phi) is 6.35. The molecule has 6 heteroatoms. The van der Waals surface area contributed by atoms with Crippen LogP contribution < -0.4 is 15.1 Å². The Morgan fingerprint density at radius 3 is 2.26 bits per heavy atom. The zero-order chi connectivity index (χ0) is 19.2. The van der Waals surface area contributed by atoms with E-state index in [1.165, 1.54) is 24.7 Å². The van der Waals surface area contributed by atoms with Crippen molar-refractivity contribution >= 4 is 34.8 Å². The second kappa shape index (κ2) is 8.91. The van der Waals surface area contributed by atoms with E-state index in [4.69, 9.17) is 11.6 Å². The molecule has 5 nitrogen and oxygen atoms in total. The lowest BCUT2D eigenvalue weighted by molar-refractivity contribution is -0.123. The number of carbonyl (C=O) groups excluding carboxylic acids is 2. The molecule has 142 valence electrons. The molecule has 3 rings (SSSR count). The fourth-order valence-corrected chi connectivity index (χ4v) is 3.33. The van der Waals surface area contributed by atoms with E-state index in [-0.39, 0.29) is 18.4 Å². The predicted molar refractivity (Wildman–Crippen MR) is 109 cm³/mol. The van der Waals surface area contributed by atoms with Crippen molar-refractivity contribution in [1.29, 1.82) is 0 Å².